The van der Waals surface area contributed by atoms with Crippen LogP contribution in [0.3, 0.4) is 0 Å². The molecule has 1 saturated heterocycles. The third kappa shape index (κ3) is 5.66. The van der Waals surface area contributed by atoms with Crippen molar-refractivity contribution in [3.8, 4) is 6.07 Å². The number of hydrogen-bond acceptors (Lipinski definition) is 4. The molecule has 0 amide bonds. The van der Waals surface area contributed by atoms with Gasteiger partial charge in [-0.05, 0) is 35.5 Å². The van der Waals surface area contributed by atoms with Gasteiger partial charge >= 0.3 is 0 Å². The van der Waals surface area contributed by atoms with Crippen molar-refractivity contribution in [3.63, 3.8) is 0 Å². The van der Waals surface area contributed by atoms with Gasteiger partial charge in [0.15, 0.2) is 5.11 Å². The van der Waals surface area contributed by atoms with Gasteiger partial charge in [0.25, 0.3) is 0 Å². The highest BCUT2D eigenvalue weighted by atomic mass is 35.5. The molecule has 1 fully saturated rings. The van der Waals surface area contributed by atoms with Crippen molar-refractivity contribution in [1.82, 2.24) is 10.2 Å². The third-order valence-electron chi connectivity index (χ3n) is 4.65. The molecule has 28 heavy (non-hydrogen) atoms. The third-order valence-corrected chi connectivity index (χ3v) is 5.22. The van der Waals surface area contributed by atoms with Crippen LogP contribution in [-0.2, 0) is 4.74 Å². The molecule has 0 unspecified atom stereocenters. The molecule has 1 aliphatic rings. The minimum Gasteiger partial charge on any atom is -0.379 e. The Hall–Kier alpha value is -2.17. The van der Waals surface area contributed by atoms with Crippen LogP contribution in [0.25, 0.3) is 0 Å². The predicted molar refractivity (Wildman–Crippen MR) is 117 cm³/mol. The molecule has 2 N–H and O–H groups in total. The summed E-state index contributed by atoms with van der Waals surface area (Å²) in [5.41, 5.74) is 2.50. The molecule has 0 bridgehead atoms. The van der Waals surface area contributed by atoms with E-state index in [4.69, 9.17) is 28.6 Å². The van der Waals surface area contributed by atoms with Gasteiger partial charge in [-0.2, -0.15) is 5.26 Å². The van der Waals surface area contributed by atoms with Gasteiger partial charge in [0.2, 0.25) is 0 Å². The average molecular weight is 415 g/mol. The van der Waals surface area contributed by atoms with Crippen LogP contribution in [0.4, 0.5) is 5.69 Å². The Balaban J connectivity index is 1.56. The van der Waals surface area contributed by atoms with Crippen LogP contribution in [0, 0.1) is 11.3 Å². The molecule has 5 nitrogen and oxygen atoms in total. The van der Waals surface area contributed by atoms with Crippen LogP contribution in [0.15, 0.2) is 48.5 Å². The van der Waals surface area contributed by atoms with E-state index >= 15 is 0 Å². The molecular weight excluding hydrogens is 392 g/mol. The molecule has 0 spiro atoms. The molecule has 146 valence electrons. The lowest BCUT2D eigenvalue weighted by molar-refractivity contribution is 0.0389. The van der Waals surface area contributed by atoms with Crippen molar-refractivity contribution in [2.24, 2.45) is 0 Å². The molecule has 3 rings (SSSR count). The van der Waals surface area contributed by atoms with Crippen LogP contribution in [-0.4, -0.2) is 49.4 Å². The van der Waals surface area contributed by atoms with Gasteiger partial charge in [-0.1, -0.05) is 48.0 Å². The Labute approximate surface area is 176 Å². The number of rotatable bonds is 6. The normalized spacial score (nSPS) is 15.4. The van der Waals surface area contributed by atoms with Crippen molar-refractivity contribution in [3.05, 3.63) is 64.7 Å². The molecule has 2 aromatic rings. The van der Waals surface area contributed by atoms with Crippen molar-refractivity contribution in [2.75, 3.05) is 44.7 Å². The first-order valence-corrected chi connectivity index (χ1v) is 10.0. The standard InChI is InChI=1S/C21H23ClN4OS/c22-20-14-17(25-21(28)24-8-9-26-10-12-27-13-11-26)6-7-18(20)19(15-23)16-4-2-1-3-5-16/h1-7,14,19H,8-13H2,(H2,24,25,28)/t19-/m0/s1. The van der Waals surface area contributed by atoms with E-state index in [1.807, 2.05) is 42.5 Å². The summed E-state index contributed by atoms with van der Waals surface area (Å²) >= 11 is 11.8. The van der Waals surface area contributed by atoms with Crippen LogP contribution in [0.5, 0.6) is 0 Å². The lowest BCUT2D eigenvalue weighted by atomic mass is 9.92. The average Bonchev–Trinajstić information content (AvgIpc) is 2.72. The van der Waals surface area contributed by atoms with E-state index in [2.05, 4.69) is 21.6 Å². The van der Waals surface area contributed by atoms with E-state index in [9.17, 15) is 5.26 Å². The highest BCUT2D eigenvalue weighted by Crippen LogP contribution is 2.31. The van der Waals surface area contributed by atoms with E-state index < -0.39 is 5.92 Å². The quantitative estimate of drug-likeness (QED) is 0.704. The van der Waals surface area contributed by atoms with Crippen LogP contribution < -0.4 is 10.6 Å². The van der Waals surface area contributed by atoms with Crippen molar-refractivity contribution < 1.29 is 4.74 Å². The molecule has 1 aliphatic heterocycles. The first-order valence-electron chi connectivity index (χ1n) is 9.26. The predicted octanol–water partition coefficient (Wildman–Crippen LogP) is 3.61. The summed E-state index contributed by atoms with van der Waals surface area (Å²) < 4.78 is 5.35. The number of nitrogens with one attached hydrogen (secondary N) is 2. The Kier molecular flexibility index (Phi) is 7.63. The van der Waals surface area contributed by atoms with Crippen LogP contribution >= 0.6 is 23.8 Å². The fourth-order valence-electron chi connectivity index (χ4n) is 3.14. The largest absolute Gasteiger partial charge is 0.379 e. The maximum absolute atomic E-state index is 9.61. The van der Waals surface area contributed by atoms with Crippen molar-refractivity contribution >= 4 is 34.6 Å². The van der Waals surface area contributed by atoms with E-state index in [1.54, 1.807) is 6.07 Å². The summed E-state index contributed by atoms with van der Waals surface area (Å²) in [5, 5.41) is 17.1. The van der Waals surface area contributed by atoms with Gasteiger partial charge in [0.1, 0.15) is 0 Å². The van der Waals surface area contributed by atoms with Gasteiger partial charge in [0.05, 0.1) is 25.2 Å². The maximum Gasteiger partial charge on any atom is 0.170 e. The van der Waals surface area contributed by atoms with E-state index in [-0.39, 0.29) is 0 Å². The molecule has 7 heteroatoms. The zero-order valence-electron chi connectivity index (χ0n) is 15.5. The van der Waals surface area contributed by atoms with Crippen LogP contribution in [0.2, 0.25) is 5.02 Å². The smallest absolute Gasteiger partial charge is 0.170 e. The summed E-state index contributed by atoms with van der Waals surface area (Å²) in [6, 6.07) is 17.6. The SMILES string of the molecule is N#C[C@@H](c1ccccc1)c1ccc(NC(=S)NCCN2CCOCC2)cc1Cl. The van der Waals surface area contributed by atoms with Gasteiger partial charge in [0, 0.05) is 36.9 Å². The summed E-state index contributed by atoms with van der Waals surface area (Å²) in [7, 11) is 0. The highest BCUT2D eigenvalue weighted by Gasteiger charge is 2.17. The number of halogens is 1. The molecule has 0 saturated carbocycles. The van der Waals surface area contributed by atoms with E-state index in [1.165, 1.54) is 0 Å². The molecule has 1 atom stereocenters. The molecule has 0 aliphatic carbocycles. The molecule has 0 aromatic heterocycles. The summed E-state index contributed by atoms with van der Waals surface area (Å²) in [6.45, 7) is 5.19. The second-order valence-electron chi connectivity index (χ2n) is 6.54. The number of ether oxygens (including phenoxy) is 1. The topological polar surface area (TPSA) is 60.3 Å². The summed E-state index contributed by atoms with van der Waals surface area (Å²) in [4.78, 5) is 2.34. The zero-order chi connectivity index (χ0) is 19.8. The minimum absolute atomic E-state index is 0.402. The Bertz CT molecular complexity index is 834. The fraction of sp³-hybridized carbons (Fsp3) is 0.333. The molecule has 1 heterocycles. The number of nitrogens with zero attached hydrogens (tertiary/aromatic N) is 2. The lowest BCUT2D eigenvalue weighted by Crippen LogP contribution is -2.42. The highest BCUT2D eigenvalue weighted by molar-refractivity contribution is 7.80. The van der Waals surface area contributed by atoms with Gasteiger partial charge in [-0.25, -0.2) is 0 Å². The Morgan fingerprint density at radius 3 is 2.64 bits per heavy atom. The Morgan fingerprint density at radius 2 is 1.96 bits per heavy atom. The molecule has 0 radical (unpaired) electrons. The maximum atomic E-state index is 9.61. The monoisotopic (exact) mass is 414 g/mol. The molecule has 2 aromatic carbocycles. The first-order chi connectivity index (χ1) is 13.7. The number of thiocarbonyl (C=S) groups is 1. The number of morpholine rings is 1. The summed E-state index contributed by atoms with van der Waals surface area (Å²) in [6.07, 6.45) is 0. The van der Waals surface area contributed by atoms with Crippen molar-refractivity contribution in [2.45, 2.75) is 5.92 Å². The van der Waals surface area contributed by atoms with Crippen LogP contribution in [0.1, 0.15) is 17.0 Å². The van der Waals surface area contributed by atoms with E-state index in [0.717, 1.165) is 56.2 Å². The number of hydrogen-bond donors (Lipinski definition) is 2. The lowest BCUT2D eigenvalue weighted by Gasteiger charge is -2.26. The summed E-state index contributed by atoms with van der Waals surface area (Å²) in [5.74, 6) is -0.402. The first kappa shape index (κ1) is 20.6. The number of benzene rings is 2. The Morgan fingerprint density at radius 1 is 1.21 bits per heavy atom. The van der Waals surface area contributed by atoms with Gasteiger partial charge in [-0.3, -0.25) is 4.90 Å². The number of anilines is 1. The van der Waals surface area contributed by atoms with E-state index in [0.29, 0.717) is 10.1 Å². The van der Waals surface area contributed by atoms with Crippen molar-refractivity contribution in [1.29, 1.82) is 5.26 Å². The fourth-order valence-corrected chi connectivity index (χ4v) is 3.65. The molecular formula is C21H23ClN4OS. The second-order valence-corrected chi connectivity index (χ2v) is 7.36. The second kappa shape index (κ2) is 10.4. The van der Waals surface area contributed by atoms with Gasteiger partial charge in [-0.15, -0.1) is 0 Å². The minimum atomic E-state index is -0.402. The zero-order valence-corrected chi connectivity index (χ0v) is 17.1. The van der Waals surface area contributed by atoms with Gasteiger partial charge < -0.3 is 15.4 Å². The number of nitriles is 1.